The molecule has 5 nitrogen and oxygen atoms in total. The van der Waals surface area contributed by atoms with Crippen LogP contribution in [0.2, 0.25) is 0 Å². The maximum atomic E-state index is 6.15. The van der Waals surface area contributed by atoms with E-state index >= 15 is 0 Å². The molecular weight excluding hydrogens is 240 g/mol. The molecule has 1 rings (SSSR count). The number of aromatic nitrogens is 2. The van der Waals surface area contributed by atoms with Crippen LogP contribution >= 0.6 is 0 Å². The summed E-state index contributed by atoms with van der Waals surface area (Å²) < 4.78 is 6.98. The molecule has 0 aliphatic heterocycles. The molecule has 0 spiro atoms. The predicted octanol–water partition coefficient (Wildman–Crippen LogP) is 2.43. The molecule has 0 aliphatic rings. The van der Waals surface area contributed by atoms with Gasteiger partial charge in [0, 0.05) is 27.3 Å². The van der Waals surface area contributed by atoms with Crippen LogP contribution in [0, 0.1) is 5.41 Å². The first-order valence-electron chi connectivity index (χ1n) is 6.95. The average molecular weight is 268 g/mol. The van der Waals surface area contributed by atoms with E-state index in [-0.39, 0.29) is 5.41 Å². The number of hydrogen-bond donors (Lipinski definition) is 2. The van der Waals surface area contributed by atoms with Crippen LogP contribution in [0.5, 0.6) is 0 Å². The molecule has 0 aromatic carbocycles. The van der Waals surface area contributed by atoms with E-state index < -0.39 is 0 Å². The zero-order chi connectivity index (χ0) is 14.5. The van der Waals surface area contributed by atoms with Gasteiger partial charge in [-0.3, -0.25) is 4.68 Å². The highest BCUT2D eigenvalue weighted by molar-refractivity contribution is 5.65. The number of nitrogens with two attached hydrogens (primary N) is 1. The third-order valence-electron chi connectivity index (χ3n) is 3.36. The Labute approximate surface area is 116 Å². The number of nitrogen functional groups attached to an aromatic ring is 1. The molecule has 0 atom stereocenters. The second-order valence-corrected chi connectivity index (χ2v) is 5.84. The zero-order valence-corrected chi connectivity index (χ0v) is 12.9. The van der Waals surface area contributed by atoms with Crippen molar-refractivity contribution in [2.45, 2.75) is 40.0 Å². The van der Waals surface area contributed by atoms with Crippen LogP contribution in [0.25, 0.3) is 0 Å². The second-order valence-electron chi connectivity index (χ2n) is 5.84. The summed E-state index contributed by atoms with van der Waals surface area (Å²) in [6.07, 6.45) is 2.99. The summed E-state index contributed by atoms with van der Waals surface area (Å²) in [5.74, 6) is 0.925. The van der Waals surface area contributed by atoms with Crippen LogP contribution < -0.4 is 11.1 Å². The average Bonchev–Trinajstić information content (AvgIpc) is 2.61. The van der Waals surface area contributed by atoms with Crippen LogP contribution in [0.15, 0.2) is 0 Å². The van der Waals surface area contributed by atoms with Gasteiger partial charge in [-0.2, -0.15) is 5.10 Å². The summed E-state index contributed by atoms with van der Waals surface area (Å²) in [5.41, 5.74) is 8.09. The second kappa shape index (κ2) is 6.80. The predicted molar refractivity (Wildman–Crippen MR) is 80.4 cm³/mol. The third-order valence-corrected chi connectivity index (χ3v) is 3.36. The van der Waals surface area contributed by atoms with E-state index in [0.29, 0.717) is 0 Å². The lowest BCUT2D eigenvalue weighted by molar-refractivity contribution is 0.157. The smallest absolute Gasteiger partial charge is 0.147 e. The van der Waals surface area contributed by atoms with Gasteiger partial charge < -0.3 is 15.8 Å². The van der Waals surface area contributed by atoms with Crippen molar-refractivity contribution in [1.29, 1.82) is 0 Å². The van der Waals surface area contributed by atoms with Crippen molar-refractivity contribution in [2.24, 2.45) is 12.5 Å². The molecule has 0 saturated heterocycles. The lowest BCUT2D eigenvalue weighted by atomic mass is 9.90. The molecule has 1 aromatic heterocycles. The van der Waals surface area contributed by atoms with Crippen molar-refractivity contribution >= 4 is 11.5 Å². The number of aryl methyl sites for hydroxylation is 2. The van der Waals surface area contributed by atoms with E-state index in [1.165, 1.54) is 0 Å². The van der Waals surface area contributed by atoms with E-state index in [4.69, 9.17) is 10.5 Å². The van der Waals surface area contributed by atoms with E-state index in [1.54, 1.807) is 7.11 Å². The highest BCUT2D eigenvalue weighted by Gasteiger charge is 2.19. The Kier molecular flexibility index (Phi) is 5.66. The molecule has 0 saturated carbocycles. The molecule has 3 N–H and O–H groups in total. The molecule has 1 heterocycles. The summed E-state index contributed by atoms with van der Waals surface area (Å²) in [4.78, 5) is 0. The highest BCUT2D eigenvalue weighted by Crippen LogP contribution is 2.26. The van der Waals surface area contributed by atoms with Crippen LogP contribution in [0.1, 0.15) is 39.3 Å². The number of ether oxygens (including phenoxy) is 1. The van der Waals surface area contributed by atoms with Gasteiger partial charge in [-0.1, -0.05) is 27.2 Å². The maximum absolute atomic E-state index is 6.15. The Bertz CT molecular complexity index is 398. The zero-order valence-electron chi connectivity index (χ0n) is 12.9. The van der Waals surface area contributed by atoms with Crippen molar-refractivity contribution in [3.05, 3.63) is 5.69 Å². The molecule has 0 amide bonds. The lowest BCUT2D eigenvalue weighted by Gasteiger charge is -2.25. The number of methoxy groups -OCH3 is 1. The fraction of sp³-hybridized carbons (Fsp3) is 0.786. The van der Waals surface area contributed by atoms with Crippen LogP contribution in [-0.2, 0) is 18.2 Å². The molecule has 0 unspecified atom stereocenters. The number of rotatable bonds is 8. The summed E-state index contributed by atoms with van der Waals surface area (Å²) in [6.45, 7) is 8.20. The molecule has 110 valence electrons. The molecule has 1 aromatic rings. The quantitative estimate of drug-likeness (QED) is 0.760. The Morgan fingerprint density at radius 3 is 2.68 bits per heavy atom. The first kappa shape index (κ1) is 15.8. The minimum atomic E-state index is 0.164. The van der Waals surface area contributed by atoms with Crippen molar-refractivity contribution in [3.63, 3.8) is 0 Å². The summed E-state index contributed by atoms with van der Waals surface area (Å²) in [6, 6.07) is 0. The Balaban J connectivity index is 2.67. The van der Waals surface area contributed by atoms with E-state index in [2.05, 4.69) is 31.2 Å². The lowest BCUT2D eigenvalue weighted by Crippen LogP contribution is -2.25. The number of nitrogens with one attached hydrogen (secondary N) is 1. The van der Waals surface area contributed by atoms with E-state index in [0.717, 1.165) is 49.6 Å². The van der Waals surface area contributed by atoms with Crippen molar-refractivity contribution in [2.75, 3.05) is 31.3 Å². The third kappa shape index (κ3) is 4.42. The summed E-state index contributed by atoms with van der Waals surface area (Å²) >= 11 is 0. The van der Waals surface area contributed by atoms with Gasteiger partial charge >= 0.3 is 0 Å². The first-order valence-corrected chi connectivity index (χ1v) is 6.95. The minimum absolute atomic E-state index is 0.164. The number of nitrogens with zero attached hydrogens (tertiary/aromatic N) is 2. The molecule has 0 bridgehead atoms. The van der Waals surface area contributed by atoms with Gasteiger partial charge in [-0.05, 0) is 18.3 Å². The fourth-order valence-electron chi connectivity index (χ4n) is 2.02. The Hall–Kier alpha value is -1.23. The summed E-state index contributed by atoms with van der Waals surface area (Å²) in [5, 5.41) is 7.90. The molecule has 0 fully saturated rings. The SMILES string of the molecule is CCCc1nn(C)c(NCC(C)(C)CCOC)c1N. The molecular formula is C14H28N4O. The van der Waals surface area contributed by atoms with Crippen LogP contribution in [-0.4, -0.2) is 30.0 Å². The minimum Gasteiger partial charge on any atom is -0.394 e. The Morgan fingerprint density at radius 2 is 2.11 bits per heavy atom. The first-order chi connectivity index (χ1) is 8.91. The standard InChI is InChI=1S/C14H28N4O/c1-6-7-11-12(15)13(18(4)17-11)16-10-14(2,3)8-9-19-5/h16H,6-10,15H2,1-5H3. The molecule has 0 radical (unpaired) electrons. The van der Waals surface area contributed by atoms with Crippen molar-refractivity contribution < 1.29 is 4.74 Å². The topological polar surface area (TPSA) is 65.1 Å². The largest absolute Gasteiger partial charge is 0.394 e. The van der Waals surface area contributed by atoms with Crippen molar-refractivity contribution in [1.82, 2.24) is 9.78 Å². The van der Waals surface area contributed by atoms with Gasteiger partial charge in [0.25, 0.3) is 0 Å². The van der Waals surface area contributed by atoms with Gasteiger partial charge in [0.1, 0.15) is 5.82 Å². The molecule has 0 aliphatic carbocycles. The Morgan fingerprint density at radius 1 is 1.42 bits per heavy atom. The molecule has 5 heteroatoms. The monoisotopic (exact) mass is 268 g/mol. The van der Waals surface area contributed by atoms with Crippen molar-refractivity contribution in [3.8, 4) is 0 Å². The normalized spacial score (nSPS) is 11.8. The van der Waals surface area contributed by atoms with Crippen LogP contribution in [0.4, 0.5) is 11.5 Å². The fourth-order valence-corrected chi connectivity index (χ4v) is 2.02. The summed E-state index contributed by atoms with van der Waals surface area (Å²) in [7, 11) is 3.67. The van der Waals surface area contributed by atoms with Gasteiger partial charge in [0.05, 0.1) is 11.4 Å². The number of hydrogen-bond acceptors (Lipinski definition) is 4. The highest BCUT2D eigenvalue weighted by atomic mass is 16.5. The maximum Gasteiger partial charge on any atom is 0.147 e. The molecule has 19 heavy (non-hydrogen) atoms. The van der Waals surface area contributed by atoms with Crippen LogP contribution in [0.3, 0.4) is 0 Å². The van der Waals surface area contributed by atoms with Gasteiger partial charge in [0.2, 0.25) is 0 Å². The van der Waals surface area contributed by atoms with Gasteiger partial charge in [-0.25, -0.2) is 0 Å². The van der Waals surface area contributed by atoms with E-state index in [9.17, 15) is 0 Å². The van der Waals surface area contributed by atoms with Gasteiger partial charge in [0.15, 0.2) is 0 Å². The number of anilines is 2. The van der Waals surface area contributed by atoms with E-state index in [1.807, 2.05) is 11.7 Å². The van der Waals surface area contributed by atoms with Gasteiger partial charge in [-0.15, -0.1) is 0 Å².